The molecule has 0 atom stereocenters. The van der Waals surface area contributed by atoms with Gasteiger partial charge in [0.05, 0.1) is 0 Å². The lowest BCUT2D eigenvalue weighted by Gasteiger charge is -1.93. The molecule has 2 heterocycles. The second-order valence-corrected chi connectivity index (χ2v) is 3.58. The van der Waals surface area contributed by atoms with E-state index in [1.807, 2.05) is 22.6 Å². The molecule has 0 aliphatic rings. The fourth-order valence-corrected chi connectivity index (χ4v) is 1.86. The van der Waals surface area contributed by atoms with Crippen LogP contribution >= 0.6 is 22.6 Å². The van der Waals surface area contributed by atoms with Crippen molar-refractivity contribution in [3.63, 3.8) is 0 Å². The van der Waals surface area contributed by atoms with Crippen LogP contribution in [0.25, 0.3) is 11.0 Å². The van der Waals surface area contributed by atoms with E-state index in [2.05, 4.69) is 15.1 Å². The molecule has 2 rings (SSSR count). The van der Waals surface area contributed by atoms with Gasteiger partial charge in [-0.2, -0.15) is 5.10 Å². The maximum absolute atomic E-state index is 11.4. The summed E-state index contributed by atoms with van der Waals surface area (Å²) in [4.78, 5) is 17.8. The van der Waals surface area contributed by atoms with Gasteiger partial charge in [-0.1, -0.05) is 0 Å². The number of aromatic amines is 1. The zero-order chi connectivity index (χ0) is 9.59. The van der Waals surface area contributed by atoms with Crippen LogP contribution in [0.3, 0.4) is 0 Å². The summed E-state index contributed by atoms with van der Waals surface area (Å²) in [5.74, 6) is 0.114. The summed E-state index contributed by atoms with van der Waals surface area (Å²) < 4.78 is 2.16. The van der Waals surface area contributed by atoms with Gasteiger partial charge in [0.2, 0.25) is 5.95 Å². The Bertz CT molecular complexity index is 528. The van der Waals surface area contributed by atoms with Crippen LogP contribution in [0.1, 0.15) is 0 Å². The molecule has 0 spiro atoms. The number of hydrogen-bond acceptors (Lipinski definition) is 4. The number of anilines is 1. The Labute approximate surface area is 86.3 Å². The predicted molar refractivity (Wildman–Crippen MR) is 56.3 cm³/mol. The van der Waals surface area contributed by atoms with Gasteiger partial charge in [-0.3, -0.25) is 14.5 Å². The molecule has 0 unspecified atom stereocenters. The SMILES string of the molecule is Cn1nc(I)c2nc(N)[nH]c(=O)c21. The largest absolute Gasteiger partial charge is 0.369 e. The molecule has 0 fully saturated rings. The molecule has 0 saturated heterocycles. The maximum atomic E-state index is 11.4. The molecule has 0 amide bonds. The molecule has 3 N–H and O–H groups in total. The van der Waals surface area contributed by atoms with E-state index < -0.39 is 0 Å². The third kappa shape index (κ3) is 1.19. The lowest BCUT2D eigenvalue weighted by molar-refractivity contribution is 0.783. The second kappa shape index (κ2) is 2.69. The number of H-pyrrole nitrogens is 1. The number of nitrogens with two attached hydrogens (primary N) is 1. The number of aromatic nitrogens is 4. The normalized spacial score (nSPS) is 10.9. The van der Waals surface area contributed by atoms with Gasteiger partial charge in [0, 0.05) is 7.05 Å². The Morgan fingerprint density at radius 3 is 3.00 bits per heavy atom. The standard InChI is InChI=1S/C6H6IN5O/c1-12-3-2(4(7)11-12)9-6(8)10-5(3)13/h1H3,(H3,8,9,10,13). The van der Waals surface area contributed by atoms with Gasteiger partial charge in [-0.25, -0.2) is 4.98 Å². The molecular weight excluding hydrogens is 285 g/mol. The summed E-state index contributed by atoms with van der Waals surface area (Å²) in [6, 6.07) is 0. The monoisotopic (exact) mass is 291 g/mol. The summed E-state index contributed by atoms with van der Waals surface area (Å²) in [6.07, 6.45) is 0. The van der Waals surface area contributed by atoms with E-state index in [1.165, 1.54) is 4.68 Å². The van der Waals surface area contributed by atoms with Gasteiger partial charge >= 0.3 is 0 Å². The molecule has 0 bridgehead atoms. The summed E-state index contributed by atoms with van der Waals surface area (Å²) in [7, 11) is 1.69. The fourth-order valence-electron chi connectivity index (χ4n) is 1.16. The van der Waals surface area contributed by atoms with Crippen LogP contribution in [-0.2, 0) is 7.05 Å². The molecule has 0 aliphatic heterocycles. The Hall–Kier alpha value is -1.12. The maximum Gasteiger partial charge on any atom is 0.278 e. The van der Waals surface area contributed by atoms with Crippen LogP contribution in [0.4, 0.5) is 5.95 Å². The zero-order valence-electron chi connectivity index (χ0n) is 6.71. The van der Waals surface area contributed by atoms with Crippen LogP contribution in [0.5, 0.6) is 0 Å². The van der Waals surface area contributed by atoms with Crippen molar-refractivity contribution in [2.45, 2.75) is 0 Å². The van der Waals surface area contributed by atoms with Gasteiger partial charge in [-0.15, -0.1) is 0 Å². The van der Waals surface area contributed by atoms with Crippen molar-refractivity contribution in [3.05, 3.63) is 14.1 Å². The van der Waals surface area contributed by atoms with Crippen molar-refractivity contribution < 1.29 is 0 Å². The average Bonchev–Trinajstić information content (AvgIpc) is 2.27. The molecule has 7 heteroatoms. The number of rotatable bonds is 0. The smallest absolute Gasteiger partial charge is 0.278 e. The molecule has 13 heavy (non-hydrogen) atoms. The number of nitrogens with one attached hydrogen (secondary N) is 1. The summed E-state index contributed by atoms with van der Waals surface area (Å²) in [5, 5.41) is 4.06. The Balaban J connectivity index is 3.06. The number of fused-ring (bicyclic) bond motifs is 1. The summed E-state index contributed by atoms with van der Waals surface area (Å²) in [5.41, 5.74) is 6.12. The van der Waals surface area contributed by atoms with E-state index in [0.29, 0.717) is 14.7 Å². The van der Waals surface area contributed by atoms with Crippen molar-refractivity contribution in [1.29, 1.82) is 0 Å². The highest BCUT2D eigenvalue weighted by Gasteiger charge is 2.11. The number of hydrogen-bond donors (Lipinski definition) is 2. The molecule has 0 aromatic carbocycles. The molecule has 68 valence electrons. The predicted octanol–water partition coefficient (Wildman–Crippen LogP) is -0.157. The van der Waals surface area contributed by atoms with Crippen molar-refractivity contribution in [2.24, 2.45) is 7.05 Å². The van der Waals surface area contributed by atoms with Crippen LogP contribution in [-0.4, -0.2) is 19.7 Å². The third-order valence-corrected chi connectivity index (χ3v) is 2.40. The molecular formula is C6H6IN5O. The number of halogens is 1. The van der Waals surface area contributed by atoms with E-state index in [4.69, 9.17) is 5.73 Å². The summed E-state index contributed by atoms with van der Waals surface area (Å²) >= 11 is 2.01. The minimum absolute atomic E-state index is 0.114. The molecule has 0 saturated carbocycles. The van der Waals surface area contributed by atoms with Crippen molar-refractivity contribution in [2.75, 3.05) is 5.73 Å². The van der Waals surface area contributed by atoms with E-state index in [9.17, 15) is 4.79 Å². The molecule has 6 nitrogen and oxygen atoms in total. The first-order valence-corrected chi connectivity index (χ1v) is 4.55. The van der Waals surface area contributed by atoms with Crippen molar-refractivity contribution >= 4 is 39.6 Å². The minimum Gasteiger partial charge on any atom is -0.369 e. The van der Waals surface area contributed by atoms with Crippen LogP contribution in [0, 0.1) is 3.70 Å². The number of nitrogen functional groups attached to an aromatic ring is 1. The highest BCUT2D eigenvalue weighted by atomic mass is 127. The number of nitrogens with zero attached hydrogens (tertiary/aromatic N) is 3. The molecule has 2 aromatic heterocycles. The second-order valence-electron chi connectivity index (χ2n) is 2.56. The van der Waals surface area contributed by atoms with Gasteiger partial charge < -0.3 is 5.73 Å². The van der Waals surface area contributed by atoms with Gasteiger partial charge in [-0.05, 0) is 22.6 Å². The fraction of sp³-hybridized carbons (Fsp3) is 0.167. The van der Waals surface area contributed by atoms with Gasteiger partial charge in [0.1, 0.15) is 9.22 Å². The minimum atomic E-state index is -0.264. The third-order valence-electron chi connectivity index (χ3n) is 1.67. The quantitative estimate of drug-likeness (QED) is 0.660. The average molecular weight is 291 g/mol. The lowest BCUT2D eigenvalue weighted by Crippen LogP contribution is -2.13. The van der Waals surface area contributed by atoms with E-state index in [0.717, 1.165) is 0 Å². The van der Waals surface area contributed by atoms with Crippen LogP contribution in [0.15, 0.2) is 4.79 Å². The number of aryl methyl sites for hydroxylation is 1. The lowest BCUT2D eigenvalue weighted by atomic mass is 10.5. The van der Waals surface area contributed by atoms with Gasteiger partial charge in [0.15, 0.2) is 5.52 Å². The molecule has 2 aromatic rings. The van der Waals surface area contributed by atoms with E-state index in [-0.39, 0.29) is 11.5 Å². The molecule has 0 radical (unpaired) electrons. The Morgan fingerprint density at radius 1 is 1.62 bits per heavy atom. The summed E-state index contributed by atoms with van der Waals surface area (Å²) in [6.45, 7) is 0. The van der Waals surface area contributed by atoms with Crippen molar-refractivity contribution in [3.8, 4) is 0 Å². The topological polar surface area (TPSA) is 89.6 Å². The van der Waals surface area contributed by atoms with Gasteiger partial charge in [0.25, 0.3) is 5.56 Å². The first-order chi connectivity index (χ1) is 6.09. The Morgan fingerprint density at radius 2 is 2.31 bits per heavy atom. The highest BCUT2D eigenvalue weighted by Crippen LogP contribution is 2.13. The van der Waals surface area contributed by atoms with E-state index >= 15 is 0 Å². The Kier molecular flexibility index (Phi) is 1.75. The zero-order valence-corrected chi connectivity index (χ0v) is 8.86. The van der Waals surface area contributed by atoms with E-state index in [1.54, 1.807) is 7.05 Å². The highest BCUT2D eigenvalue weighted by molar-refractivity contribution is 14.1. The molecule has 0 aliphatic carbocycles. The van der Waals surface area contributed by atoms with Crippen LogP contribution < -0.4 is 11.3 Å². The first kappa shape index (κ1) is 8.48. The van der Waals surface area contributed by atoms with Crippen molar-refractivity contribution in [1.82, 2.24) is 19.7 Å². The van der Waals surface area contributed by atoms with Crippen LogP contribution in [0.2, 0.25) is 0 Å². The first-order valence-electron chi connectivity index (χ1n) is 3.47.